The normalized spacial score (nSPS) is 17.6. The van der Waals surface area contributed by atoms with Crippen molar-refractivity contribution < 1.29 is 13.6 Å². The smallest absolute Gasteiger partial charge is 0.170 e. The number of likely N-dealkylation sites (tertiary alicyclic amines) is 1. The molecule has 0 unspecified atom stereocenters. The van der Waals surface area contributed by atoms with E-state index in [2.05, 4.69) is 22.1 Å². The molecule has 4 rings (SSSR count). The number of rotatable bonds is 5. The van der Waals surface area contributed by atoms with Crippen LogP contribution in [0.25, 0.3) is 5.69 Å². The van der Waals surface area contributed by atoms with Crippen LogP contribution in [0, 0.1) is 17.6 Å². The van der Waals surface area contributed by atoms with Crippen molar-refractivity contribution in [1.82, 2.24) is 14.7 Å². The van der Waals surface area contributed by atoms with Gasteiger partial charge in [0.05, 0.1) is 11.3 Å². The quantitative estimate of drug-likeness (QED) is 0.621. The molecule has 6 heteroatoms. The minimum Gasteiger partial charge on any atom is -0.298 e. The van der Waals surface area contributed by atoms with Gasteiger partial charge in [-0.15, -0.1) is 0 Å². The maximum atomic E-state index is 14.0. The lowest BCUT2D eigenvalue weighted by atomic mass is 9.89. The van der Waals surface area contributed by atoms with E-state index in [4.69, 9.17) is 0 Å². The second-order valence-corrected chi connectivity index (χ2v) is 7.18. The molecule has 4 nitrogen and oxygen atoms in total. The summed E-state index contributed by atoms with van der Waals surface area (Å²) in [6.45, 7) is 2.15. The molecule has 0 spiro atoms. The van der Waals surface area contributed by atoms with E-state index in [1.807, 2.05) is 24.4 Å². The number of carbonyl (C=O) groups is 1. The van der Waals surface area contributed by atoms with E-state index in [0.717, 1.165) is 49.0 Å². The van der Waals surface area contributed by atoms with Gasteiger partial charge in [0.1, 0.15) is 11.6 Å². The molecule has 1 aliphatic rings. The molecule has 0 amide bonds. The highest BCUT2D eigenvalue weighted by Gasteiger charge is 2.28. The van der Waals surface area contributed by atoms with Crippen LogP contribution in [0.4, 0.5) is 8.78 Å². The lowest BCUT2D eigenvalue weighted by molar-refractivity contribution is 0.0807. The average Bonchev–Trinajstić information content (AvgIpc) is 3.25. The van der Waals surface area contributed by atoms with Gasteiger partial charge in [-0.3, -0.25) is 9.69 Å². The van der Waals surface area contributed by atoms with Crippen LogP contribution in [0.3, 0.4) is 0 Å². The number of ketones is 1. The number of Topliss-reactive ketones (excluding diaryl/α,β-unsaturated/α-hetero) is 1. The van der Waals surface area contributed by atoms with Crippen LogP contribution in [0.15, 0.2) is 60.9 Å². The zero-order chi connectivity index (χ0) is 19.5. The van der Waals surface area contributed by atoms with Crippen LogP contribution < -0.4 is 0 Å². The van der Waals surface area contributed by atoms with Crippen molar-refractivity contribution in [3.63, 3.8) is 0 Å². The maximum absolute atomic E-state index is 14.0. The van der Waals surface area contributed by atoms with E-state index in [-0.39, 0.29) is 17.3 Å². The molecule has 1 atom stereocenters. The highest BCUT2D eigenvalue weighted by molar-refractivity contribution is 5.98. The minimum atomic E-state index is -0.655. The summed E-state index contributed by atoms with van der Waals surface area (Å²) in [6.07, 6.45) is 5.18. The fraction of sp³-hybridized carbons (Fsp3) is 0.273. The average molecular weight is 381 g/mol. The summed E-state index contributed by atoms with van der Waals surface area (Å²) in [6, 6.07) is 13.1. The number of nitrogens with zero attached hydrogens (tertiary/aromatic N) is 3. The van der Waals surface area contributed by atoms with Gasteiger partial charge in [0.2, 0.25) is 0 Å². The van der Waals surface area contributed by atoms with E-state index in [1.165, 1.54) is 0 Å². The lowest BCUT2D eigenvalue weighted by Crippen LogP contribution is -2.38. The van der Waals surface area contributed by atoms with Crippen LogP contribution in [0.5, 0.6) is 0 Å². The Bertz CT molecular complexity index is 954. The Balaban J connectivity index is 1.42. The number of benzene rings is 2. The Morgan fingerprint density at radius 2 is 1.96 bits per heavy atom. The SMILES string of the molecule is O=C(c1cc(F)ccc1F)[C@@H]1CCCN(Cc2ccc(-n3cccn3)cc2)C1. The van der Waals surface area contributed by atoms with Crippen molar-refractivity contribution in [2.24, 2.45) is 5.92 Å². The van der Waals surface area contributed by atoms with Crippen molar-refractivity contribution in [2.45, 2.75) is 19.4 Å². The highest BCUT2D eigenvalue weighted by Crippen LogP contribution is 2.24. The van der Waals surface area contributed by atoms with E-state index in [1.54, 1.807) is 10.9 Å². The van der Waals surface area contributed by atoms with Crippen LogP contribution in [0.2, 0.25) is 0 Å². The van der Waals surface area contributed by atoms with Crippen LogP contribution in [-0.4, -0.2) is 33.6 Å². The first-order chi connectivity index (χ1) is 13.6. The number of hydrogen-bond donors (Lipinski definition) is 0. The van der Waals surface area contributed by atoms with Crippen molar-refractivity contribution in [2.75, 3.05) is 13.1 Å². The molecule has 0 bridgehead atoms. The van der Waals surface area contributed by atoms with Gasteiger partial charge >= 0.3 is 0 Å². The standard InChI is InChI=1S/C22H21F2N3O/c23-18-6-9-21(24)20(13-18)22(28)17-3-1-11-26(15-17)14-16-4-7-19(8-5-16)27-12-2-10-25-27/h2,4-10,12-13,17H,1,3,11,14-15H2/t17-/m1/s1. The minimum absolute atomic E-state index is 0.143. The van der Waals surface area contributed by atoms with Gasteiger partial charge in [0.15, 0.2) is 5.78 Å². The number of halogens is 2. The first kappa shape index (κ1) is 18.5. The largest absolute Gasteiger partial charge is 0.298 e. The predicted octanol–water partition coefficient (Wildman–Crippen LogP) is 4.25. The number of hydrogen-bond acceptors (Lipinski definition) is 3. The van der Waals surface area contributed by atoms with Gasteiger partial charge in [-0.05, 0) is 61.3 Å². The monoisotopic (exact) mass is 381 g/mol. The molecule has 1 saturated heterocycles. The van der Waals surface area contributed by atoms with Crippen LogP contribution in [-0.2, 0) is 6.54 Å². The van der Waals surface area contributed by atoms with Crippen molar-refractivity contribution in [3.05, 3.63) is 83.7 Å². The second-order valence-electron chi connectivity index (χ2n) is 7.18. The third-order valence-electron chi connectivity index (χ3n) is 5.18. The Kier molecular flexibility index (Phi) is 5.30. The van der Waals surface area contributed by atoms with Gasteiger partial charge in [0.25, 0.3) is 0 Å². The van der Waals surface area contributed by atoms with Gasteiger partial charge in [0, 0.05) is 31.4 Å². The second kappa shape index (κ2) is 8.02. The first-order valence-corrected chi connectivity index (χ1v) is 9.41. The molecule has 2 heterocycles. The van der Waals surface area contributed by atoms with Crippen molar-refractivity contribution in [1.29, 1.82) is 0 Å². The summed E-state index contributed by atoms with van der Waals surface area (Å²) < 4.78 is 29.2. The molecular formula is C22H21F2N3O. The molecule has 1 aliphatic heterocycles. The van der Waals surface area contributed by atoms with Crippen molar-refractivity contribution >= 4 is 5.78 Å². The fourth-order valence-electron chi connectivity index (χ4n) is 3.75. The van der Waals surface area contributed by atoms with Gasteiger partial charge in [-0.1, -0.05) is 12.1 Å². The predicted molar refractivity (Wildman–Crippen MR) is 102 cm³/mol. The maximum Gasteiger partial charge on any atom is 0.170 e. The van der Waals surface area contributed by atoms with Crippen LogP contribution >= 0.6 is 0 Å². The summed E-state index contributed by atoms with van der Waals surface area (Å²) >= 11 is 0. The van der Waals surface area contributed by atoms with Crippen LogP contribution in [0.1, 0.15) is 28.8 Å². The summed E-state index contributed by atoms with van der Waals surface area (Å²) in [7, 11) is 0. The lowest BCUT2D eigenvalue weighted by Gasteiger charge is -2.32. The topological polar surface area (TPSA) is 38.1 Å². The molecule has 144 valence electrons. The summed E-state index contributed by atoms with van der Waals surface area (Å²) in [4.78, 5) is 14.9. The van der Waals surface area contributed by atoms with E-state index < -0.39 is 11.6 Å². The molecule has 2 aromatic carbocycles. The Morgan fingerprint density at radius 1 is 1.14 bits per heavy atom. The highest BCUT2D eigenvalue weighted by atomic mass is 19.1. The van der Waals surface area contributed by atoms with E-state index >= 15 is 0 Å². The Morgan fingerprint density at radius 3 is 2.71 bits per heavy atom. The number of piperidine rings is 1. The molecule has 28 heavy (non-hydrogen) atoms. The third-order valence-corrected chi connectivity index (χ3v) is 5.18. The van der Waals surface area contributed by atoms with Crippen molar-refractivity contribution in [3.8, 4) is 5.69 Å². The fourth-order valence-corrected chi connectivity index (χ4v) is 3.75. The zero-order valence-electron chi connectivity index (χ0n) is 15.4. The molecule has 0 radical (unpaired) electrons. The summed E-state index contributed by atoms with van der Waals surface area (Å²) in [5.74, 6) is -1.86. The zero-order valence-corrected chi connectivity index (χ0v) is 15.4. The van der Waals surface area contributed by atoms with E-state index in [9.17, 15) is 13.6 Å². The van der Waals surface area contributed by atoms with Gasteiger partial charge < -0.3 is 0 Å². The third kappa shape index (κ3) is 4.02. The summed E-state index contributed by atoms with van der Waals surface area (Å²) in [5.41, 5.74) is 1.98. The van der Waals surface area contributed by atoms with Gasteiger partial charge in [-0.25, -0.2) is 13.5 Å². The molecule has 1 aromatic heterocycles. The first-order valence-electron chi connectivity index (χ1n) is 9.41. The molecule has 0 N–H and O–H groups in total. The Hall–Kier alpha value is -2.86. The number of carbonyl (C=O) groups excluding carboxylic acids is 1. The number of aromatic nitrogens is 2. The molecule has 0 aliphatic carbocycles. The molecule has 3 aromatic rings. The Labute approximate surface area is 162 Å². The van der Waals surface area contributed by atoms with E-state index in [0.29, 0.717) is 13.0 Å². The molecular weight excluding hydrogens is 360 g/mol. The molecule has 1 fully saturated rings. The summed E-state index contributed by atoms with van der Waals surface area (Å²) in [5, 5.41) is 4.21. The molecule has 0 saturated carbocycles. The van der Waals surface area contributed by atoms with Gasteiger partial charge in [-0.2, -0.15) is 5.10 Å².